The van der Waals surface area contributed by atoms with E-state index in [0.717, 1.165) is 22.0 Å². The highest BCUT2D eigenvalue weighted by molar-refractivity contribution is 9.10. The Bertz CT molecular complexity index is 600. The molecule has 0 saturated carbocycles. The van der Waals surface area contributed by atoms with Crippen LogP contribution in [0.25, 0.3) is 6.08 Å². The topological polar surface area (TPSA) is 37.3 Å². The number of aromatic carboxylic acids is 1. The summed E-state index contributed by atoms with van der Waals surface area (Å²) in [6, 6.07) is 14.9. The summed E-state index contributed by atoms with van der Waals surface area (Å²) in [6.07, 6.45) is 4.90. The highest BCUT2D eigenvalue weighted by Crippen LogP contribution is 2.17. The van der Waals surface area contributed by atoms with Crippen molar-refractivity contribution in [2.24, 2.45) is 0 Å². The Kier molecular flexibility index (Phi) is 4.53. The molecule has 2 rings (SSSR count). The second-order valence-corrected chi connectivity index (χ2v) is 4.98. The number of allylic oxidation sites excluding steroid dienone is 1. The molecule has 19 heavy (non-hydrogen) atoms. The maximum atomic E-state index is 10.7. The third-order valence-corrected chi connectivity index (χ3v) is 3.48. The van der Waals surface area contributed by atoms with Gasteiger partial charge in [-0.2, -0.15) is 0 Å². The summed E-state index contributed by atoms with van der Waals surface area (Å²) >= 11 is 3.49. The maximum absolute atomic E-state index is 10.7. The van der Waals surface area contributed by atoms with Crippen LogP contribution in [0, 0.1) is 0 Å². The molecule has 0 unspecified atom stereocenters. The van der Waals surface area contributed by atoms with Gasteiger partial charge in [0.25, 0.3) is 0 Å². The van der Waals surface area contributed by atoms with Crippen molar-refractivity contribution in [3.05, 3.63) is 75.8 Å². The van der Waals surface area contributed by atoms with Crippen molar-refractivity contribution in [2.75, 3.05) is 0 Å². The fourth-order valence-electron chi connectivity index (χ4n) is 1.72. The molecule has 0 aliphatic carbocycles. The smallest absolute Gasteiger partial charge is 0.335 e. The minimum Gasteiger partial charge on any atom is -0.478 e. The van der Waals surface area contributed by atoms with Crippen LogP contribution in [0.2, 0.25) is 0 Å². The average molecular weight is 317 g/mol. The first-order chi connectivity index (χ1) is 9.16. The molecule has 96 valence electrons. The second kappa shape index (κ2) is 6.34. The Hall–Kier alpha value is -1.87. The van der Waals surface area contributed by atoms with Gasteiger partial charge in [0.15, 0.2) is 0 Å². The molecule has 0 amide bonds. The largest absolute Gasteiger partial charge is 0.478 e. The van der Waals surface area contributed by atoms with E-state index in [-0.39, 0.29) is 0 Å². The fraction of sp³-hybridized carbons (Fsp3) is 0.0625. The van der Waals surface area contributed by atoms with Crippen LogP contribution < -0.4 is 0 Å². The van der Waals surface area contributed by atoms with Gasteiger partial charge in [0.2, 0.25) is 0 Å². The molecule has 0 aliphatic heterocycles. The van der Waals surface area contributed by atoms with Crippen LogP contribution in [-0.2, 0) is 6.42 Å². The van der Waals surface area contributed by atoms with E-state index in [1.54, 1.807) is 12.1 Å². The normalized spacial score (nSPS) is 10.8. The van der Waals surface area contributed by atoms with Crippen LogP contribution >= 0.6 is 15.9 Å². The summed E-state index contributed by atoms with van der Waals surface area (Å²) in [7, 11) is 0. The minimum absolute atomic E-state index is 0.318. The number of rotatable bonds is 4. The molecule has 0 atom stereocenters. The molecule has 0 aliphatic rings. The lowest BCUT2D eigenvalue weighted by atomic mass is 10.1. The van der Waals surface area contributed by atoms with E-state index in [1.165, 1.54) is 0 Å². The first-order valence-electron chi connectivity index (χ1n) is 5.90. The Morgan fingerprint density at radius 3 is 2.42 bits per heavy atom. The molecule has 2 nitrogen and oxygen atoms in total. The predicted octanol–water partition coefficient (Wildman–Crippen LogP) is 4.40. The van der Waals surface area contributed by atoms with Crippen molar-refractivity contribution in [3.8, 4) is 0 Å². The van der Waals surface area contributed by atoms with Crippen molar-refractivity contribution in [1.29, 1.82) is 0 Å². The summed E-state index contributed by atoms with van der Waals surface area (Å²) in [5, 5.41) is 8.81. The van der Waals surface area contributed by atoms with Crippen molar-refractivity contribution < 1.29 is 9.90 Å². The van der Waals surface area contributed by atoms with Crippen LogP contribution in [0.4, 0.5) is 0 Å². The van der Waals surface area contributed by atoms with E-state index in [4.69, 9.17) is 5.11 Å². The lowest BCUT2D eigenvalue weighted by Gasteiger charge is -1.99. The van der Waals surface area contributed by atoms with E-state index in [9.17, 15) is 4.79 Å². The molecule has 2 aromatic rings. The molecule has 2 aromatic carbocycles. The number of carboxylic acids is 1. The lowest BCUT2D eigenvalue weighted by Crippen LogP contribution is -1.95. The maximum Gasteiger partial charge on any atom is 0.335 e. The highest BCUT2D eigenvalue weighted by Gasteiger charge is 2.00. The number of carbonyl (C=O) groups is 1. The van der Waals surface area contributed by atoms with Crippen molar-refractivity contribution in [3.63, 3.8) is 0 Å². The summed E-state index contributed by atoms with van der Waals surface area (Å²) in [5.41, 5.74) is 2.54. The molecule has 0 radical (unpaired) electrons. The van der Waals surface area contributed by atoms with Crippen LogP contribution in [0.5, 0.6) is 0 Å². The number of hydrogen-bond donors (Lipinski definition) is 1. The summed E-state index contributed by atoms with van der Waals surface area (Å²) in [4.78, 5) is 10.7. The van der Waals surface area contributed by atoms with Gasteiger partial charge >= 0.3 is 5.97 Å². The van der Waals surface area contributed by atoms with E-state index >= 15 is 0 Å². The van der Waals surface area contributed by atoms with Gasteiger partial charge in [-0.05, 0) is 35.7 Å². The number of benzene rings is 2. The average Bonchev–Trinajstić information content (AvgIpc) is 2.41. The van der Waals surface area contributed by atoms with Gasteiger partial charge < -0.3 is 5.11 Å². The van der Waals surface area contributed by atoms with E-state index in [0.29, 0.717) is 5.56 Å². The van der Waals surface area contributed by atoms with Gasteiger partial charge in [-0.15, -0.1) is 0 Å². The lowest BCUT2D eigenvalue weighted by molar-refractivity contribution is 0.0697. The molecule has 3 heteroatoms. The Morgan fingerprint density at radius 1 is 1.11 bits per heavy atom. The molecular weight excluding hydrogens is 304 g/mol. The van der Waals surface area contributed by atoms with E-state index in [1.807, 2.05) is 36.4 Å². The van der Waals surface area contributed by atoms with Gasteiger partial charge in [-0.3, -0.25) is 0 Å². The zero-order chi connectivity index (χ0) is 13.7. The predicted molar refractivity (Wildman–Crippen MR) is 80.3 cm³/mol. The van der Waals surface area contributed by atoms with Crippen LogP contribution in [0.1, 0.15) is 21.5 Å². The monoisotopic (exact) mass is 316 g/mol. The SMILES string of the molecule is O=C(O)c1ccc(CC=Cc2ccccc2Br)cc1. The summed E-state index contributed by atoms with van der Waals surface area (Å²) < 4.78 is 1.06. The zero-order valence-corrected chi connectivity index (χ0v) is 11.8. The van der Waals surface area contributed by atoms with Crippen molar-refractivity contribution in [2.45, 2.75) is 6.42 Å². The van der Waals surface area contributed by atoms with Crippen LogP contribution in [0.15, 0.2) is 59.1 Å². The molecular formula is C16H13BrO2. The summed E-state index contributed by atoms with van der Waals surface area (Å²) in [6.45, 7) is 0. The first kappa shape index (κ1) is 13.6. The van der Waals surface area contributed by atoms with E-state index < -0.39 is 5.97 Å². The van der Waals surface area contributed by atoms with Crippen LogP contribution in [0.3, 0.4) is 0 Å². The molecule has 0 saturated heterocycles. The third kappa shape index (κ3) is 3.80. The second-order valence-electron chi connectivity index (χ2n) is 4.13. The van der Waals surface area contributed by atoms with Crippen LogP contribution in [-0.4, -0.2) is 11.1 Å². The van der Waals surface area contributed by atoms with Gasteiger partial charge in [0.05, 0.1) is 5.56 Å². The number of carboxylic acid groups (broad SMARTS) is 1. The Labute approximate surface area is 120 Å². The van der Waals surface area contributed by atoms with Gasteiger partial charge in [-0.1, -0.05) is 58.4 Å². The van der Waals surface area contributed by atoms with Crippen molar-refractivity contribution >= 4 is 28.0 Å². The number of hydrogen-bond acceptors (Lipinski definition) is 1. The van der Waals surface area contributed by atoms with Crippen molar-refractivity contribution in [1.82, 2.24) is 0 Å². The molecule has 0 spiro atoms. The third-order valence-electron chi connectivity index (χ3n) is 2.76. The van der Waals surface area contributed by atoms with E-state index in [2.05, 4.69) is 28.1 Å². The molecule has 0 fully saturated rings. The fourth-order valence-corrected chi connectivity index (χ4v) is 2.13. The molecule has 1 N–H and O–H groups in total. The minimum atomic E-state index is -0.893. The Morgan fingerprint density at radius 2 is 1.79 bits per heavy atom. The highest BCUT2D eigenvalue weighted by atomic mass is 79.9. The first-order valence-corrected chi connectivity index (χ1v) is 6.69. The Balaban J connectivity index is 2.03. The zero-order valence-electron chi connectivity index (χ0n) is 10.2. The van der Waals surface area contributed by atoms with Gasteiger partial charge in [-0.25, -0.2) is 4.79 Å². The molecule has 0 aromatic heterocycles. The standard InChI is InChI=1S/C16H13BrO2/c17-15-7-2-1-5-13(15)6-3-4-12-8-10-14(11-9-12)16(18)19/h1-3,5-11H,4H2,(H,18,19). The summed E-state index contributed by atoms with van der Waals surface area (Å²) in [5.74, 6) is -0.893. The molecule has 0 bridgehead atoms. The quantitative estimate of drug-likeness (QED) is 0.907. The molecule has 0 heterocycles. The van der Waals surface area contributed by atoms with Gasteiger partial charge in [0, 0.05) is 4.47 Å². The van der Waals surface area contributed by atoms with Gasteiger partial charge in [0.1, 0.15) is 0 Å². The number of halogens is 1.